The smallest absolute Gasteiger partial charge is 0.202 e. The van der Waals surface area contributed by atoms with Crippen molar-refractivity contribution in [3.05, 3.63) is 52.7 Å². The number of pyridine rings is 1. The Morgan fingerprint density at radius 3 is 2.94 bits per heavy atom. The van der Waals surface area contributed by atoms with Gasteiger partial charge in [-0.3, -0.25) is 9.78 Å². The van der Waals surface area contributed by atoms with Crippen LogP contribution in [0.1, 0.15) is 21.7 Å². The molecule has 0 fully saturated rings. The number of ketones is 1. The minimum absolute atomic E-state index is 0.0735. The van der Waals surface area contributed by atoms with Crippen LogP contribution in [0.4, 0.5) is 0 Å². The lowest BCUT2D eigenvalue weighted by Crippen LogP contribution is -2.04. The van der Waals surface area contributed by atoms with Crippen LogP contribution in [0.2, 0.25) is 5.02 Å². The quantitative estimate of drug-likeness (QED) is 0.768. The molecule has 2 aromatic heterocycles. The van der Waals surface area contributed by atoms with E-state index >= 15 is 0 Å². The summed E-state index contributed by atoms with van der Waals surface area (Å²) in [5.74, 6) is 0.323. The molecule has 0 saturated heterocycles. The van der Waals surface area contributed by atoms with Gasteiger partial charge in [0, 0.05) is 18.8 Å². The second-order valence-corrected chi connectivity index (χ2v) is 3.91. The highest BCUT2D eigenvalue weighted by molar-refractivity contribution is 6.31. The van der Waals surface area contributed by atoms with Crippen LogP contribution in [-0.4, -0.2) is 10.8 Å². The third-order valence-electron chi connectivity index (χ3n) is 2.32. The van der Waals surface area contributed by atoms with Crippen LogP contribution in [0.15, 0.2) is 35.2 Å². The van der Waals surface area contributed by atoms with Gasteiger partial charge in [-0.05, 0) is 30.2 Å². The van der Waals surface area contributed by atoms with E-state index in [-0.39, 0.29) is 12.2 Å². The van der Waals surface area contributed by atoms with Crippen molar-refractivity contribution >= 4 is 17.4 Å². The minimum Gasteiger partial charge on any atom is -0.461 e. The number of hydrogen-bond donors (Lipinski definition) is 0. The fourth-order valence-electron chi connectivity index (χ4n) is 1.46. The molecule has 0 saturated carbocycles. The highest BCUT2D eigenvalue weighted by Gasteiger charge is 2.14. The van der Waals surface area contributed by atoms with E-state index in [0.29, 0.717) is 10.8 Å². The fraction of sp³-hybridized carbons (Fsp3) is 0.167. The molecule has 0 aliphatic heterocycles. The van der Waals surface area contributed by atoms with Crippen LogP contribution in [0, 0.1) is 6.92 Å². The number of carbonyl (C=O) groups excluding carboxylic acids is 1. The SMILES string of the molecule is Cc1ccoc1C(=O)Cc1ccncc1Cl. The van der Waals surface area contributed by atoms with Gasteiger partial charge in [0.2, 0.25) is 5.78 Å². The summed E-state index contributed by atoms with van der Waals surface area (Å²) in [5.41, 5.74) is 1.60. The third kappa shape index (κ3) is 2.14. The lowest BCUT2D eigenvalue weighted by Gasteiger charge is -2.01. The number of aryl methyl sites for hydroxylation is 1. The zero-order valence-electron chi connectivity index (χ0n) is 8.74. The summed E-state index contributed by atoms with van der Waals surface area (Å²) in [4.78, 5) is 15.7. The zero-order chi connectivity index (χ0) is 11.5. The van der Waals surface area contributed by atoms with Gasteiger partial charge in [-0.2, -0.15) is 0 Å². The Hall–Kier alpha value is -1.61. The van der Waals surface area contributed by atoms with Crippen LogP contribution >= 0.6 is 11.6 Å². The monoisotopic (exact) mass is 235 g/mol. The number of nitrogens with zero attached hydrogens (tertiary/aromatic N) is 1. The predicted molar refractivity (Wildman–Crippen MR) is 60.7 cm³/mol. The first-order valence-corrected chi connectivity index (χ1v) is 5.22. The summed E-state index contributed by atoms with van der Waals surface area (Å²) in [6.45, 7) is 1.84. The van der Waals surface area contributed by atoms with E-state index in [1.807, 2.05) is 6.92 Å². The van der Waals surface area contributed by atoms with Crippen LogP contribution in [0.25, 0.3) is 0 Å². The van der Waals surface area contributed by atoms with Gasteiger partial charge in [0.05, 0.1) is 11.3 Å². The maximum absolute atomic E-state index is 11.9. The molecule has 0 amide bonds. The maximum Gasteiger partial charge on any atom is 0.202 e. The fourth-order valence-corrected chi connectivity index (χ4v) is 1.65. The van der Waals surface area contributed by atoms with Gasteiger partial charge in [-0.15, -0.1) is 0 Å². The van der Waals surface area contributed by atoms with Crippen molar-refractivity contribution in [1.29, 1.82) is 0 Å². The highest BCUT2D eigenvalue weighted by atomic mass is 35.5. The summed E-state index contributed by atoms with van der Waals surface area (Å²) < 4.78 is 5.13. The largest absolute Gasteiger partial charge is 0.461 e. The molecule has 2 aromatic rings. The number of Topliss-reactive ketones (excluding diaryl/α,β-unsaturated/α-hetero) is 1. The molecule has 2 heterocycles. The number of hydrogen-bond acceptors (Lipinski definition) is 3. The molecular formula is C12H10ClNO2. The van der Waals surface area contributed by atoms with Crippen LogP contribution < -0.4 is 0 Å². The molecule has 0 aromatic carbocycles. The van der Waals surface area contributed by atoms with Gasteiger partial charge in [-0.25, -0.2) is 0 Å². The van der Waals surface area contributed by atoms with Crippen molar-refractivity contribution in [2.45, 2.75) is 13.3 Å². The molecule has 3 nitrogen and oxygen atoms in total. The molecule has 4 heteroatoms. The molecular weight excluding hydrogens is 226 g/mol. The Morgan fingerprint density at radius 1 is 1.50 bits per heavy atom. The Kier molecular flexibility index (Phi) is 3.06. The topological polar surface area (TPSA) is 43.1 Å². The second kappa shape index (κ2) is 4.49. The van der Waals surface area contributed by atoms with Crippen molar-refractivity contribution in [2.24, 2.45) is 0 Å². The van der Waals surface area contributed by atoms with Gasteiger partial charge >= 0.3 is 0 Å². The van der Waals surface area contributed by atoms with E-state index in [1.54, 1.807) is 18.3 Å². The van der Waals surface area contributed by atoms with Crippen LogP contribution in [0.5, 0.6) is 0 Å². The first kappa shape index (κ1) is 10.9. The van der Waals surface area contributed by atoms with Crippen molar-refractivity contribution in [2.75, 3.05) is 0 Å². The Morgan fingerprint density at radius 2 is 2.31 bits per heavy atom. The Labute approximate surface area is 98.1 Å². The molecule has 82 valence electrons. The van der Waals surface area contributed by atoms with Crippen molar-refractivity contribution in [1.82, 2.24) is 4.98 Å². The third-order valence-corrected chi connectivity index (χ3v) is 2.66. The van der Waals surface area contributed by atoms with E-state index in [2.05, 4.69) is 4.98 Å². The highest BCUT2D eigenvalue weighted by Crippen LogP contribution is 2.18. The average Bonchev–Trinajstić information content (AvgIpc) is 2.68. The van der Waals surface area contributed by atoms with E-state index in [4.69, 9.17) is 16.0 Å². The van der Waals surface area contributed by atoms with Gasteiger partial charge in [-0.1, -0.05) is 11.6 Å². The van der Waals surface area contributed by atoms with Gasteiger partial charge in [0.1, 0.15) is 0 Å². The molecule has 0 bridgehead atoms. The summed E-state index contributed by atoms with van der Waals surface area (Å²) in [5, 5.41) is 0.500. The molecule has 0 unspecified atom stereocenters. The first-order valence-electron chi connectivity index (χ1n) is 4.84. The zero-order valence-corrected chi connectivity index (χ0v) is 9.49. The van der Waals surface area contributed by atoms with Crippen LogP contribution in [0.3, 0.4) is 0 Å². The molecule has 2 rings (SSSR count). The van der Waals surface area contributed by atoms with Crippen molar-refractivity contribution in [3.63, 3.8) is 0 Å². The number of rotatable bonds is 3. The predicted octanol–water partition coefficient (Wildman–Crippen LogP) is 3.06. The Bertz CT molecular complexity index is 519. The molecule has 0 atom stereocenters. The average molecular weight is 236 g/mol. The maximum atomic E-state index is 11.9. The number of furan rings is 1. The van der Waals surface area contributed by atoms with Crippen molar-refractivity contribution in [3.8, 4) is 0 Å². The lowest BCUT2D eigenvalue weighted by molar-refractivity contribution is 0.0965. The molecule has 0 spiro atoms. The van der Waals surface area contributed by atoms with Crippen molar-refractivity contribution < 1.29 is 9.21 Å². The van der Waals surface area contributed by atoms with Gasteiger partial charge in [0.15, 0.2) is 5.76 Å². The number of carbonyl (C=O) groups is 1. The molecule has 16 heavy (non-hydrogen) atoms. The van der Waals surface area contributed by atoms with E-state index < -0.39 is 0 Å². The van der Waals surface area contributed by atoms with Gasteiger partial charge < -0.3 is 4.42 Å². The summed E-state index contributed by atoms with van der Waals surface area (Å²) in [6.07, 6.45) is 4.88. The van der Waals surface area contributed by atoms with E-state index in [1.165, 1.54) is 12.5 Å². The van der Waals surface area contributed by atoms with Gasteiger partial charge in [0.25, 0.3) is 0 Å². The molecule has 0 N–H and O–H groups in total. The summed E-state index contributed by atoms with van der Waals surface area (Å²) in [6, 6.07) is 3.50. The van der Waals surface area contributed by atoms with E-state index in [9.17, 15) is 4.79 Å². The van der Waals surface area contributed by atoms with E-state index in [0.717, 1.165) is 11.1 Å². The number of halogens is 1. The standard InChI is InChI=1S/C12H10ClNO2/c1-8-3-5-16-12(8)11(15)6-9-2-4-14-7-10(9)13/h2-5,7H,6H2,1H3. The summed E-state index contributed by atoms with van der Waals surface area (Å²) >= 11 is 5.92. The Balaban J connectivity index is 2.21. The molecule has 0 aliphatic rings. The minimum atomic E-state index is -0.0735. The normalized spacial score (nSPS) is 10.4. The summed E-state index contributed by atoms with van der Waals surface area (Å²) in [7, 11) is 0. The molecule has 0 radical (unpaired) electrons. The second-order valence-electron chi connectivity index (χ2n) is 3.50. The lowest BCUT2D eigenvalue weighted by atomic mass is 10.1. The molecule has 0 aliphatic carbocycles. The van der Waals surface area contributed by atoms with Crippen LogP contribution in [-0.2, 0) is 6.42 Å². The number of aromatic nitrogens is 1. The first-order chi connectivity index (χ1) is 7.68.